The highest BCUT2D eigenvalue weighted by molar-refractivity contribution is 5.85. The molecule has 2 bridgehead atoms. The minimum atomic E-state index is 0. The molecule has 3 saturated carbocycles. The molecule has 0 aromatic heterocycles. The summed E-state index contributed by atoms with van der Waals surface area (Å²) in [6.07, 6.45) is 12.5. The van der Waals surface area contributed by atoms with Gasteiger partial charge in [0.1, 0.15) is 0 Å². The summed E-state index contributed by atoms with van der Waals surface area (Å²) in [4.78, 5) is 15.0. The lowest BCUT2D eigenvalue weighted by Crippen LogP contribution is -2.51. The first kappa shape index (κ1) is 16.6. The number of carbonyl (C=O) groups excluding carboxylic acids is 1. The Kier molecular flexibility index (Phi) is 4.76. The lowest BCUT2D eigenvalue weighted by Gasteiger charge is -2.48. The lowest BCUT2D eigenvalue weighted by molar-refractivity contribution is -0.140. The van der Waals surface area contributed by atoms with Gasteiger partial charge in [0.25, 0.3) is 0 Å². The number of carbonyl (C=O) groups is 1. The van der Waals surface area contributed by atoms with Crippen molar-refractivity contribution in [2.45, 2.75) is 70.3 Å². The molecule has 3 aliphatic carbocycles. The van der Waals surface area contributed by atoms with Crippen molar-refractivity contribution in [3.8, 4) is 0 Å². The van der Waals surface area contributed by atoms with Gasteiger partial charge in [0.05, 0.1) is 0 Å². The van der Waals surface area contributed by atoms with Crippen molar-refractivity contribution in [1.82, 2.24) is 4.90 Å². The maximum Gasteiger partial charge on any atom is 0.225 e. The van der Waals surface area contributed by atoms with Crippen LogP contribution in [0.4, 0.5) is 0 Å². The minimum absolute atomic E-state index is 0. The largest absolute Gasteiger partial charge is 0.342 e. The van der Waals surface area contributed by atoms with Crippen LogP contribution in [0.2, 0.25) is 0 Å². The normalized spacial score (nSPS) is 44.1. The summed E-state index contributed by atoms with van der Waals surface area (Å²) in [6.45, 7) is 2.00. The molecule has 1 heterocycles. The van der Waals surface area contributed by atoms with Gasteiger partial charge in [-0.3, -0.25) is 4.79 Å². The number of amides is 1. The number of halogens is 1. The Morgan fingerprint density at radius 2 is 1.82 bits per heavy atom. The molecule has 1 saturated heterocycles. The Balaban J connectivity index is 0.00000144. The molecule has 2 N–H and O–H groups in total. The van der Waals surface area contributed by atoms with Crippen molar-refractivity contribution in [1.29, 1.82) is 0 Å². The van der Waals surface area contributed by atoms with Gasteiger partial charge >= 0.3 is 0 Å². The summed E-state index contributed by atoms with van der Waals surface area (Å²) in [5.74, 6) is 2.33. The van der Waals surface area contributed by atoms with Crippen LogP contribution in [0.3, 0.4) is 0 Å². The van der Waals surface area contributed by atoms with Gasteiger partial charge in [-0.15, -0.1) is 12.4 Å². The standard InChI is InChI=1S/C18H30N2O.ClH/c19-16-13-6-7-15(11-13)18(16)8-4-5-14(12-18)17(21)20-9-2-1-3-10-20;/h13-16H,1-12,19H2;1H/t13-,14?,15+,16+,18?;/m1./s1. The molecule has 22 heavy (non-hydrogen) atoms. The molecule has 0 aromatic carbocycles. The molecule has 4 aliphatic rings. The fraction of sp³-hybridized carbons (Fsp3) is 0.944. The van der Waals surface area contributed by atoms with Gasteiger partial charge in [0.15, 0.2) is 0 Å². The van der Waals surface area contributed by atoms with Crippen LogP contribution >= 0.6 is 12.4 Å². The highest BCUT2D eigenvalue weighted by Gasteiger charge is 2.58. The van der Waals surface area contributed by atoms with E-state index in [0.29, 0.717) is 17.4 Å². The van der Waals surface area contributed by atoms with Crippen molar-refractivity contribution >= 4 is 18.3 Å². The number of hydrogen-bond acceptors (Lipinski definition) is 2. The van der Waals surface area contributed by atoms with Crippen molar-refractivity contribution in [2.75, 3.05) is 13.1 Å². The fourth-order valence-electron chi connectivity index (χ4n) is 6.20. The minimum Gasteiger partial charge on any atom is -0.342 e. The Bertz CT molecular complexity index is 419. The zero-order valence-electron chi connectivity index (χ0n) is 13.6. The van der Waals surface area contributed by atoms with Crippen LogP contribution in [0.15, 0.2) is 0 Å². The third-order valence-corrected chi connectivity index (χ3v) is 7.30. The van der Waals surface area contributed by atoms with E-state index in [1.807, 2.05) is 0 Å². The van der Waals surface area contributed by atoms with E-state index in [4.69, 9.17) is 5.73 Å². The third kappa shape index (κ3) is 2.49. The molecular weight excluding hydrogens is 296 g/mol. The first-order valence-corrected chi connectivity index (χ1v) is 9.25. The summed E-state index contributed by atoms with van der Waals surface area (Å²) in [6, 6.07) is 0.383. The van der Waals surface area contributed by atoms with Gasteiger partial charge < -0.3 is 10.6 Å². The van der Waals surface area contributed by atoms with Gasteiger partial charge in [-0.1, -0.05) is 6.42 Å². The zero-order valence-corrected chi connectivity index (χ0v) is 14.5. The Hall–Kier alpha value is -0.280. The van der Waals surface area contributed by atoms with Crippen LogP contribution in [0.1, 0.15) is 64.2 Å². The van der Waals surface area contributed by atoms with E-state index in [9.17, 15) is 4.79 Å². The molecule has 4 rings (SSSR count). The molecule has 1 amide bonds. The Morgan fingerprint density at radius 3 is 2.50 bits per heavy atom. The van der Waals surface area contributed by atoms with Crippen LogP contribution in [0.25, 0.3) is 0 Å². The fourth-order valence-corrected chi connectivity index (χ4v) is 6.20. The van der Waals surface area contributed by atoms with E-state index >= 15 is 0 Å². The third-order valence-electron chi connectivity index (χ3n) is 7.30. The van der Waals surface area contributed by atoms with E-state index in [2.05, 4.69) is 4.90 Å². The van der Waals surface area contributed by atoms with E-state index in [-0.39, 0.29) is 18.3 Å². The second-order valence-electron chi connectivity index (χ2n) is 8.21. The Morgan fingerprint density at radius 1 is 1.05 bits per heavy atom. The molecule has 0 aromatic rings. The van der Waals surface area contributed by atoms with Crippen molar-refractivity contribution in [3.05, 3.63) is 0 Å². The van der Waals surface area contributed by atoms with Crippen molar-refractivity contribution < 1.29 is 4.79 Å². The molecular formula is C18H31ClN2O. The number of fused-ring (bicyclic) bond motifs is 3. The van der Waals surface area contributed by atoms with E-state index in [1.165, 1.54) is 51.4 Å². The smallest absolute Gasteiger partial charge is 0.225 e. The summed E-state index contributed by atoms with van der Waals surface area (Å²) >= 11 is 0. The number of hydrogen-bond donors (Lipinski definition) is 1. The first-order valence-electron chi connectivity index (χ1n) is 9.25. The highest BCUT2D eigenvalue weighted by atomic mass is 35.5. The molecule has 4 heteroatoms. The molecule has 5 atom stereocenters. The van der Waals surface area contributed by atoms with Gasteiger partial charge in [0.2, 0.25) is 5.91 Å². The maximum absolute atomic E-state index is 12.9. The van der Waals surface area contributed by atoms with Crippen LogP contribution < -0.4 is 5.73 Å². The predicted octanol–water partition coefficient (Wildman–Crippen LogP) is 3.35. The maximum atomic E-state index is 12.9. The van der Waals surface area contributed by atoms with Gasteiger partial charge in [0, 0.05) is 25.0 Å². The van der Waals surface area contributed by atoms with Crippen LogP contribution in [-0.4, -0.2) is 29.9 Å². The van der Waals surface area contributed by atoms with E-state index in [1.54, 1.807) is 0 Å². The average molecular weight is 327 g/mol. The topological polar surface area (TPSA) is 46.3 Å². The lowest BCUT2D eigenvalue weighted by atomic mass is 9.59. The molecule has 1 spiro atoms. The van der Waals surface area contributed by atoms with Crippen molar-refractivity contribution in [3.63, 3.8) is 0 Å². The molecule has 0 radical (unpaired) electrons. The summed E-state index contributed by atoms with van der Waals surface area (Å²) in [7, 11) is 0. The average Bonchev–Trinajstić information content (AvgIpc) is 3.11. The van der Waals surface area contributed by atoms with Crippen LogP contribution in [0.5, 0.6) is 0 Å². The van der Waals surface area contributed by atoms with Gasteiger partial charge in [-0.25, -0.2) is 0 Å². The molecule has 1 aliphatic heterocycles. The zero-order chi connectivity index (χ0) is 14.4. The highest BCUT2D eigenvalue weighted by Crippen LogP contribution is 2.61. The predicted molar refractivity (Wildman–Crippen MR) is 90.9 cm³/mol. The van der Waals surface area contributed by atoms with Gasteiger partial charge in [-0.05, 0) is 75.0 Å². The second kappa shape index (κ2) is 6.32. The number of nitrogens with two attached hydrogens (primary N) is 1. The number of piperidine rings is 1. The van der Waals surface area contributed by atoms with Crippen molar-refractivity contribution in [2.24, 2.45) is 28.9 Å². The summed E-state index contributed by atoms with van der Waals surface area (Å²) < 4.78 is 0. The van der Waals surface area contributed by atoms with Gasteiger partial charge in [-0.2, -0.15) is 0 Å². The van der Waals surface area contributed by atoms with E-state index in [0.717, 1.165) is 37.8 Å². The molecule has 4 fully saturated rings. The molecule has 3 nitrogen and oxygen atoms in total. The van der Waals surface area contributed by atoms with Crippen LogP contribution in [0, 0.1) is 23.2 Å². The Labute approximate surface area is 140 Å². The SMILES string of the molecule is Cl.N[C@H]1[C@@H]2CC[C@@H](C2)C12CCCC(C(=O)N1CCCCC1)C2. The number of rotatable bonds is 1. The second-order valence-corrected chi connectivity index (χ2v) is 8.21. The van der Waals surface area contributed by atoms with Crippen LogP contribution in [-0.2, 0) is 4.79 Å². The molecule has 2 unspecified atom stereocenters. The monoisotopic (exact) mass is 326 g/mol. The number of nitrogens with zero attached hydrogens (tertiary/aromatic N) is 1. The first-order chi connectivity index (χ1) is 10.2. The summed E-state index contributed by atoms with van der Waals surface area (Å²) in [5.41, 5.74) is 6.98. The van der Waals surface area contributed by atoms with E-state index < -0.39 is 0 Å². The quantitative estimate of drug-likeness (QED) is 0.803. The molecule has 126 valence electrons. The number of likely N-dealkylation sites (tertiary alicyclic amines) is 1. The summed E-state index contributed by atoms with van der Waals surface area (Å²) in [5, 5.41) is 0.